The first kappa shape index (κ1) is 24.8. The second kappa shape index (κ2) is 9.64. The zero-order valence-corrected chi connectivity index (χ0v) is 13.0. The third-order valence-electron chi connectivity index (χ3n) is 2.52. The standard InChI is InChI=1S/C12H11F9O6/c13-10(14,15)7(22)25-4-2-1-3-6(27-9(24)12(19,20)21)5-26-8(23)11(16,17)18/h6H,1-5H2/t6-/m1/s1. The zero-order valence-electron chi connectivity index (χ0n) is 13.0. The molecule has 0 aromatic heterocycles. The van der Waals surface area contributed by atoms with Crippen molar-refractivity contribution in [2.24, 2.45) is 0 Å². The van der Waals surface area contributed by atoms with Gasteiger partial charge < -0.3 is 14.2 Å². The van der Waals surface area contributed by atoms with Crippen molar-refractivity contribution < 1.29 is 68.1 Å². The molecule has 0 saturated carbocycles. The molecular weight excluding hydrogens is 411 g/mol. The molecule has 0 N–H and O–H groups in total. The van der Waals surface area contributed by atoms with Crippen LogP contribution < -0.4 is 0 Å². The summed E-state index contributed by atoms with van der Waals surface area (Å²) in [4.78, 5) is 31.6. The highest BCUT2D eigenvalue weighted by atomic mass is 19.4. The summed E-state index contributed by atoms with van der Waals surface area (Å²) in [5, 5.41) is 0. The molecule has 0 aromatic carbocycles. The summed E-state index contributed by atoms with van der Waals surface area (Å²) in [5.74, 6) is -8.02. The average molecular weight is 422 g/mol. The second-order valence-electron chi connectivity index (χ2n) is 4.75. The van der Waals surface area contributed by atoms with Crippen molar-refractivity contribution in [2.75, 3.05) is 13.2 Å². The topological polar surface area (TPSA) is 78.9 Å². The minimum atomic E-state index is -5.48. The lowest BCUT2D eigenvalue weighted by Gasteiger charge is -2.19. The SMILES string of the molecule is O=C(OCCCC[C@H](COC(=O)C(F)(F)F)OC(=O)C(F)(F)F)C(F)(F)F. The molecule has 0 aliphatic carbocycles. The molecule has 0 unspecified atom stereocenters. The van der Waals surface area contributed by atoms with Gasteiger partial charge in [0.25, 0.3) is 0 Å². The molecule has 1 atom stereocenters. The first-order chi connectivity index (χ1) is 12.0. The summed E-state index contributed by atoms with van der Waals surface area (Å²) >= 11 is 0. The molecule has 27 heavy (non-hydrogen) atoms. The van der Waals surface area contributed by atoms with E-state index in [1.54, 1.807) is 0 Å². The van der Waals surface area contributed by atoms with Gasteiger partial charge in [0, 0.05) is 0 Å². The van der Waals surface area contributed by atoms with Crippen molar-refractivity contribution in [1.82, 2.24) is 0 Å². The van der Waals surface area contributed by atoms with Gasteiger partial charge >= 0.3 is 36.4 Å². The minimum absolute atomic E-state index is 0.329. The molecule has 0 aromatic rings. The van der Waals surface area contributed by atoms with Crippen LogP contribution in [-0.4, -0.2) is 55.8 Å². The molecule has 0 aliphatic rings. The largest absolute Gasteiger partial charge is 0.490 e. The number of halogens is 9. The van der Waals surface area contributed by atoms with Gasteiger partial charge in [-0.1, -0.05) is 0 Å². The number of rotatable bonds is 8. The monoisotopic (exact) mass is 422 g/mol. The van der Waals surface area contributed by atoms with E-state index in [-0.39, 0.29) is 12.8 Å². The Hall–Kier alpha value is -2.22. The normalized spacial score (nSPS) is 13.7. The lowest BCUT2D eigenvalue weighted by molar-refractivity contribution is -0.214. The maximum Gasteiger partial charge on any atom is 0.490 e. The Balaban J connectivity index is 4.56. The Labute approximate surface area is 144 Å². The molecule has 0 heterocycles. The Morgan fingerprint density at radius 1 is 0.667 bits per heavy atom. The van der Waals surface area contributed by atoms with Crippen molar-refractivity contribution >= 4 is 17.9 Å². The van der Waals surface area contributed by atoms with E-state index < -0.39 is 62.2 Å². The Kier molecular flexibility index (Phi) is 8.85. The van der Waals surface area contributed by atoms with E-state index in [1.165, 1.54) is 0 Å². The molecule has 0 radical (unpaired) electrons. The lowest BCUT2D eigenvalue weighted by atomic mass is 10.1. The molecule has 158 valence electrons. The minimum Gasteiger partial charge on any atom is -0.459 e. The van der Waals surface area contributed by atoms with Gasteiger partial charge in [0.15, 0.2) is 0 Å². The number of carbonyl (C=O) groups is 3. The van der Waals surface area contributed by atoms with E-state index in [0.29, 0.717) is 0 Å². The fourth-order valence-electron chi connectivity index (χ4n) is 1.37. The molecule has 0 spiro atoms. The first-order valence-electron chi connectivity index (χ1n) is 6.81. The maximum absolute atomic E-state index is 12.1. The van der Waals surface area contributed by atoms with Crippen LogP contribution in [0.1, 0.15) is 19.3 Å². The van der Waals surface area contributed by atoms with E-state index >= 15 is 0 Å². The molecule has 0 bridgehead atoms. The highest BCUT2D eigenvalue weighted by molar-refractivity contribution is 5.76. The van der Waals surface area contributed by atoms with Crippen LogP contribution in [0.3, 0.4) is 0 Å². The molecule has 0 amide bonds. The molecule has 0 fully saturated rings. The number of unbranched alkanes of at least 4 members (excludes halogenated alkanes) is 1. The van der Waals surface area contributed by atoms with Crippen molar-refractivity contribution in [2.45, 2.75) is 43.9 Å². The van der Waals surface area contributed by atoms with Gasteiger partial charge in [-0.2, -0.15) is 39.5 Å². The third-order valence-corrected chi connectivity index (χ3v) is 2.52. The Bertz CT molecular complexity index is 523. The summed E-state index contributed by atoms with van der Waals surface area (Å²) in [6.45, 7) is -2.18. The van der Waals surface area contributed by atoms with Gasteiger partial charge in [0.05, 0.1) is 6.61 Å². The highest BCUT2D eigenvalue weighted by Crippen LogP contribution is 2.21. The molecule has 15 heteroatoms. The molecular formula is C12H11F9O6. The van der Waals surface area contributed by atoms with Crippen LogP contribution in [0, 0.1) is 0 Å². The van der Waals surface area contributed by atoms with E-state index in [4.69, 9.17) is 0 Å². The van der Waals surface area contributed by atoms with Gasteiger partial charge in [0.2, 0.25) is 0 Å². The number of alkyl halides is 9. The van der Waals surface area contributed by atoms with Crippen LogP contribution in [0.4, 0.5) is 39.5 Å². The summed E-state index contributed by atoms with van der Waals surface area (Å²) < 4.78 is 119. The van der Waals surface area contributed by atoms with E-state index in [0.717, 1.165) is 0 Å². The van der Waals surface area contributed by atoms with Crippen molar-refractivity contribution in [1.29, 1.82) is 0 Å². The number of carbonyl (C=O) groups excluding carboxylic acids is 3. The third kappa shape index (κ3) is 10.5. The molecule has 0 aliphatic heterocycles. The van der Waals surface area contributed by atoms with Gasteiger partial charge in [-0.25, -0.2) is 14.4 Å². The van der Waals surface area contributed by atoms with E-state index in [9.17, 15) is 53.9 Å². The van der Waals surface area contributed by atoms with Crippen LogP contribution in [0.2, 0.25) is 0 Å². The predicted molar refractivity (Wildman–Crippen MR) is 63.8 cm³/mol. The second-order valence-corrected chi connectivity index (χ2v) is 4.75. The summed E-state index contributed by atoms with van der Waals surface area (Å²) in [7, 11) is 0. The fraction of sp³-hybridized carbons (Fsp3) is 0.750. The van der Waals surface area contributed by atoms with Crippen molar-refractivity contribution in [3.05, 3.63) is 0 Å². The molecule has 0 saturated heterocycles. The smallest absolute Gasteiger partial charge is 0.459 e. The number of ether oxygens (including phenoxy) is 3. The van der Waals surface area contributed by atoms with Crippen LogP contribution >= 0.6 is 0 Å². The van der Waals surface area contributed by atoms with Crippen LogP contribution in [0.15, 0.2) is 0 Å². The van der Waals surface area contributed by atoms with E-state index in [1.807, 2.05) is 0 Å². The van der Waals surface area contributed by atoms with Crippen LogP contribution in [0.25, 0.3) is 0 Å². The van der Waals surface area contributed by atoms with Gasteiger partial charge in [0.1, 0.15) is 12.7 Å². The predicted octanol–water partition coefficient (Wildman–Crippen LogP) is 2.84. The average Bonchev–Trinajstić information content (AvgIpc) is 2.48. The lowest BCUT2D eigenvalue weighted by Crippen LogP contribution is -2.35. The first-order valence-corrected chi connectivity index (χ1v) is 6.81. The van der Waals surface area contributed by atoms with E-state index in [2.05, 4.69) is 14.2 Å². The molecule has 0 rings (SSSR count). The van der Waals surface area contributed by atoms with Gasteiger partial charge in [-0.15, -0.1) is 0 Å². The van der Waals surface area contributed by atoms with Crippen molar-refractivity contribution in [3.63, 3.8) is 0 Å². The van der Waals surface area contributed by atoms with Gasteiger partial charge in [-0.3, -0.25) is 0 Å². The fourth-order valence-corrected chi connectivity index (χ4v) is 1.37. The van der Waals surface area contributed by atoms with Crippen molar-refractivity contribution in [3.8, 4) is 0 Å². The number of esters is 3. The summed E-state index contributed by atoms with van der Waals surface area (Å²) in [6, 6.07) is 0. The van der Waals surface area contributed by atoms with Crippen LogP contribution in [-0.2, 0) is 28.6 Å². The maximum atomic E-state index is 12.1. The summed E-state index contributed by atoms with van der Waals surface area (Å²) in [5.41, 5.74) is 0. The molecule has 6 nitrogen and oxygen atoms in total. The Morgan fingerprint density at radius 3 is 1.56 bits per heavy atom. The quantitative estimate of drug-likeness (QED) is 0.259. The summed E-state index contributed by atoms with van der Waals surface area (Å²) in [6.07, 6.45) is -19.4. The highest BCUT2D eigenvalue weighted by Gasteiger charge is 2.44. The van der Waals surface area contributed by atoms with Gasteiger partial charge in [-0.05, 0) is 19.3 Å². The zero-order chi connectivity index (χ0) is 21.5. The number of hydrogen-bond donors (Lipinski definition) is 0. The number of hydrogen-bond acceptors (Lipinski definition) is 6. The Morgan fingerprint density at radius 2 is 1.11 bits per heavy atom. The van der Waals surface area contributed by atoms with Crippen LogP contribution in [0.5, 0.6) is 0 Å².